The highest BCUT2D eigenvalue weighted by Gasteiger charge is 2.13. The molecular formula is C14H21Cl2NO. The molecular weight excluding hydrogens is 269 g/mol. The first-order chi connectivity index (χ1) is 8.52. The summed E-state index contributed by atoms with van der Waals surface area (Å²) in [4.78, 5) is 0. The van der Waals surface area contributed by atoms with Crippen LogP contribution in [0.2, 0.25) is 10.0 Å². The Hall–Kier alpha value is -0.280. The third-order valence-corrected chi connectivity index (χ3v) is 2.96. The third-order valence-electron chi connectivity index (χ3n) is 2.52. The van der Waals surface area contributed by atoms with Crippen LogP contribution in [0.25, 0.3) is 0 Å². The Kier molecular flexibility index (Phi) is 7.02. The molecule has 1 aromatic rings. The number of hydrogen-bond donors (Lipinski definition) is 1. The smallest absolute Gasteiger partial charge is 0.0664 e. The highest BCUT2D eigenvalue weighted by molar-refractivity contribution is 6.34. The van der Waals surface area contributed by atoms with E-state index in [0.717, 1.165) is 18.5 Å². The van der Waals surface area contributed by atoms with Crippen LogP contribution in [0.15, 0.2) is 18.2 Å². The fourth-order valence-electron chi connectivity index (χ4n) is 1.66. The van der Waals surface area contributed by atoms with Crippen LogP contribution >= 0.6 is 23.2 Å². The van der Waals surface area contributed by atoms with E-state index in [2.05, 4.69) is 12.2 Å². The van der Waals surface area contributed by atoms with E-state index in [0.29, 0.717) is 16.7 Å². The maximum Gasteiger partial charge on any atom is 0.0664 e. The second kappa shape index (κ2) is 8.00. The number of halogens is 2. The lowest BCUT2D eigenvalue weighted by atomic mass is 10.1. The van der Waals surface area contributed by atoms with Crippen LogP contribution in [0.3, 0.4) is 0 Å². The molecule has 1 N–H and O–H groups in total. The van der Waals surface area contributed by atoms with Crippen molar-refractivity contribution in [3.63, 3.8) is 0 Å². The second-order valence-corrected chi connectivity index (χ2v) is 5.46. The maximum absolute atomic E-state index is 6.04. The van der Waals surface area contributed by atoms with Gasteiger partial charge in [0.15, 0.2) is 0 Å². The Labute approximate surface area is 120 Å². The van der Waals surface area contributed by atoms with Gasteiger partial charge < -0.3 is 10.1 Å². The molecule has 4 heteroatoms. The summed E-state index contributed by atoms with van der Waals surface area (Å²) >= 11 is 12.1. The summed E-state index contributed by atoms with van der Waals surface area (Å²) in [7, 11) is 0. The Bertz CT molecular complexity index is 349. The first kappa shape index (κ1) is 15.8. The van der Waals surface area contributed by atoms with E-state index in [1.54, 1.807) is 6.07 Å². The SMILES string of the molecule is CCCNC(COC(C)C)c1cc(Cl)cc(Cl)c1. The van der Waals surface area contributed by atoms with E-state index in [1.165, 1.54) is 0 Å². The quantitative estimate of drug-likeness (QED) is 0.800. The normalized spacial score (nSPS) is 13.0. The number of hydrogen-bond acceptors (Lipinski definition) is 2. The van der Waals surface area contributed by atoms with Crippen molar-refractivity contribution >= 4 is 23.2 Å². The molecule has 0 bridgehead atoms. The fraction of sp³-hybridized carbons (Fsp3) is 0.571. The van der Waals surface area contributed by atoms with Gasteiger partial charge in [0, 0.05) is 10.0 Å². The Balaban J connectivity index is 2.79. The average molecular weight is 290 g/mol. The molecule has 1 aromatic carbocycles. The van der Waals surface area contributed by atoms with Gasteiger partial charge in [-0.3, -0.25) is 0 Å². The van der Waals surface area contributed by atoms with Crippen molar-refractivity contribution in [3.05, 3.63) is 33.8 Å². The summed E-state index contributed by atoms with van der Waals surface area (Å²) < 4.78 is 5.69. The standard InChI is InChI=1S/C14H21Cl2NO/c1-4-5-17-14(9-18-10(2)3)11-6-12(15)8-13(16)7-11/h6-8,10,14,17H,4-5,9H2,1-3H3. The fourth-order valence-corrected chi connectivity index (χ4v) is 2.20. The predicted molar refractivity (Wildman–Crippen MR) is 78.6 cm³/mol. The van der Waals surface area contributed by atoms with Crippen molar-refractivity contribution in [2.45, 2.75) is 39.3 Å². The van der Waals surface area contributed by atoms with Crippen LogP contribution in [-0.2, 0) is 4.74 Å². The maximum atomic E-state index is 6.04. The molecule has 1 atom stereocenters. The van der Waals surface area contributed by atoms with Gasteiger partial charge in [-0.15, -0.1) is 0 Å². The monoisotopic (exact) mass is 289 g/mol. The van der Waals surface area contributed by atoms with Crippen molar-refractivity contribution in [2.75, 3.05) is 13.2 Å². The van der Waals surface area contributed by atoms with Crippen LogP contribution in [0, 0.1) is 0 Å². The molecule has 0 spiro atoms. The Morgan fingerprint density at radius 2 is 1.78 bits per heavy atom. The van der Waals surface area contributed by atoms with E-state index in [9.17, 15) is 0 Å². The Morgan fingerprint density at radius 1 is 1.17 bits per heavy atom. The highest BCUT2D eigenvalue weighted by atomic mass is 35.5. The number of benzene rings is 1. The molecule has 0 saturated heterocycles. The van der Waals surface area contributed by atoms with Gasteiger partial charge >= 0.3 is 0 Å². The molecule has 0 aliphatic heterocycles. The summed E-state index contributed by atoms with van der Waals surface area (Å²) in [5.41, 5.74) is 1.07. The molecule has 0 amide bonds. The van der Waals surface area contributed by atoms with E-state index in [-0.39, 0.29) is 12.1 Å². The summed E-state index contributed by atoms with van der Waals surface area (Å²) in [5, 5.41) is 4.77. The van der Waals surface area contributed by atoms with Gasteiger partial charge in [0.1, 0.15) is 0 Å². The summed E-state index contributed by atoms with van der Waals surface area (Å²) in [6, 6.07) is 5.74. The molecule has 2 nitrogen and oxygen atoms in total. The van der Waals surface area contributed by atoms with E-state index >= 15 is 0 Å². The molecule has 0 aliphatic carbocycles. The number of rotatable bonds is 7. The van der Waals surface area contributed by atoms with Crippen LogP contribution in [0.1, 0.15) is 38.8 Å². The topological polar surface area (TPSA) is 21.3 Å². The lowest BCUT2D eigenvalue weighted by Crippen LogP contribution is -2.27. The number of nitrogens with one attached hydrogen (secondary N) is 1. The van der Waals surface area contributed by atoms with Crippen molar-refractivity contribution < 1.29 is 4.74 Å². The van der Waals surface area contributed by atoms with Gasteiger partial charge in [0.05, 0.1) is 18.8 Å². The third kappa shape index (κ3) is 5.57. The van der Waals surface area contributed by atoms with Crippen LogP contribution in [0.5, 0.6) is 0 Å². The van der Waals surface area contributed by atoms with Gasteiger partial charge in [-0.1, -0.05) is 30.1 Å². The number of ether oxygens (including phenoxy) is 1. The minimum absolute atomic E-state index is 0.128. The predicted octanol–water partition coefficient (Wildman–Crippen LogP) is 4.46. The zero-order valence-electron chi connectivity index (χ0n) is 11.2. The van der Waals surface area contributed by atoms with E-state index in [4.69, 9.17) is 27.9 Å². The largest absolute Gasteiger partial charge is 0.377 e. The van der Waals surface area contributed by atoms with Crippen LogP contribution in [0.4, 0.5) is 0 Å². The van der Waals surface area contributed by atoms with Gasteiger partial charge in [-0.05, 0) is 50.6 Å². The molecule has 0 fully saturated rings. The van der Waals surface area contributed by atoms with E-state index in [1.807, 2.05) is 26.0 Å². The summed E-state index contributed by atoms with van der Waals surface area (Å²) in [6.45, 7) is 7.76. The van der Waals surface area contributed by atoms with Crippen LogP contribution in [-0.4, -0.2) is 19.3 Å². The lowest BCUT2D eigenvalue weighted by molar-refractivity contribution is 0.0611. The van der Waals surface area contributed by atoms with Gasteiger partial charge in [-0.2, -0.15) is 0 Å². The molecule has 102 valence electrons. The molecule has 1 unspecified atom stereocenters. The molecule has 0 saturated carbocycles. The Morgan fingerprint density at radius 3 is 2.28 bits per heavy atom. The minimum Gasteiger partial charge on any atom is -0.377 e. The minimum atomic E-state index is 0.128. The van der Waals surface area contributed by atoms with Gasteiger partial charge in [-0.25, -0.2) is 0 Å². The van der Waals surface area contributed by atoms with Gasteiger partial charge in [0.2, 0.25) is 0 Å². The van der Waals surface area contributed by atoms with Crippen LogP contribution < -0.4 is 5.32 Å². The molecule has 0 aromatic heterocycles. The molecule has 0 heterocycles. The van der Waals surface area contributed by atoms with Gasteiger partial charge in [0.25, 0.3) is 0 Å². The molecule has 0 radical (unpaired) electrons. The summed E-state index contributed by atoms with van der Waals surface area (Å²) in [5.74, 6) is 0. The first-order valence-corrected chi connectivity index (χ1v) is 7.09. The zero-order valence-corrected chi connectivity index (χ0v) is 12.7. The molecule has 1 rings (SSSR count). The zero-order chi connectivity index (χ0) is 13.5. The average Bonchev–Trinajstić information content (AvgIpc) is 2.27. The van der Waals surface area contributed by atoms with Crippen molar-refractivity contribution in [3.8, 4) is 0 Å². The molecule has 0 aliphatic rings. The lowest BCUT2D eigenvalue weighted by Gasteiger charge is -2.21. The van der Waals surface area contributed by atoms with Crippen molar-refractivity contribution in [1.82, 2.24) is 5.32 Å². The van der Waals surface area contributed by atoms with Crippen molar-refractivity contribution in [1.29, 1.82) is 0 Å². The second-order valence-electron chi connectivity index (χ2n) is 4.59. The highest BCUT2D eigenvalue weighted by Crippen LogP contribution is 2.24. The first-order valence-electron chi connectivity index (χ1n) is 6.34. The van der Waals surface area contributed by atoms with E-state index < -0.39 is 0 Å². The molecule has 18 heavy (non-hydrogen) atoms. The van der Waals surface area contributed by atoms with Crippen molar-refractivity contribution in [2.24, 2.45) is 0 Å². The summed E-state index contributed by atoms with van der Waals surface area (Å²) in [6.07, 6.45) is 1.29.